The van der Waals surface area contributed by atoms with Gasteiger partial charge in [0.1, 0.15) is 12.4 Å². The summed E-state index contributed by atoms with van der Waals surface area (Å²) in [5.41, 5.74) is 1.73. The average Bonchev–Trinajstić information content (AvgIpc) is 2.51. The number of amides is 1. The molecule has 0 bridgehead atoms. The smallest absolute Gasteiger partial charge is 0.255 e. The molecular formula is C13H18N2O2. The van der Waals surface area contributed by atoms with Gasteiger partial charge < -0.3 is 15.4 Å². The van der Waals surface area contributed by atoms with E-state index in [-0.39, 0.29) is 11.9 Å². The Balaban J connectivity index is 2.31. The van der Waals surface area contributed by atoms with Crippen LogP contribution in [0.4, 0.5) is 0 Å². The Morgan fingerprint density at radius 2 is 2.35 bits per heavy atom. The number of nitrogens with one attached hydrogen (secondary N) is 2. The van der Waals surface area contributed by atoms with E-state index < -0.39 is 0 Å². The molecule has 0 saturated carbocycles. The summed E-state index contributed by atoms with van der Waals surface area (Å²) in [5, 5.41) is 6.14. The molecule has 1 aliphatic heterocycles. The lowest BCUT2D eigenvalue weighted by molar-refractivity contribution is 0.0957. The molecule has 0 radical (unpaired) electrons. The van der Waals surface area contributed by atoms with Crippen molar-refractivity contribution in [2.24, 2.45) is 0 Å². The highest BCUT2D eigenvalue weighted by Crippen LogP contribution is 2.24. The molecule has 92 valence electrons. The fourth-order valence-corrected chi connectivity index (χ4v) is 1.97. The first-order chi connectivity index (χ1) is 8.22. The van der Waals surface area contributed by atoms with Crippen molar-refractivity contribution in [3.8, 4) is 5.75 Å². The summed E-state index contributed by atoms with van der Waals surface area (Å²) in [4.78, 5) is 11.8. The number of carbonyl (C=O) groups excluding carboxylic acids is 1. The van der Waals surface area contributed by atoms with Crippen LogP contribution >= 0.6 is 0 Å². The second kappa shape index (κ2) is 5.19. The Hall–Kier alpha value is -1.55. The van der Waals surface area contributed by atoms with Crippen LogP contribution in [-0.4, -0.2) is 25.6 Å². The molecule has 1 amide bonds. The molecule has 4 nitrogen and oxygen atoms in total. The van der Waals surface area contributed by atoms with E-state index in [0.29, 0.717) is 24.5 Å². The monoisotopic (exact) mass is 234 g/mol. The van der Waals surface area contributed by atoms with Crippen LogP contribution in [0.3, 0.4) is 0 Å². The van der Waals surface area contributed by atoms with E-state index >= 15 is 0 Å². The van der Waals surface area contributed by atoms with Crippen LogP contribution < -0.4 is 15.4 Å². The molecule has 1 aliphatic rings. The van der Waals surface area contributed by atoms with Gasteiger partial charge in [0.05, 0.1) is 12.1 Å². The second-order valence-electron chi connectivity index (χ2n) is 4.14. The van der Waals surface area contributed by atoms with Crippen molar-refractivity contribution in [2.75, 3.05) is 19.7 Å². The van der Waals surface area contributed by atoms with E-state index in [1.54, 1.807) is 0 Å². The third kappa shape index (κ3) is 2.58. The largest absolute Gasteiger partial charge is 0.491 e. The maximum atomic E-state index is 11.8. The summed E-state index contributed by atoms with van der Waals surface area (Å²) in [6.07, 6.45) is 0. The molecular weight excluding hydrogens is 216 g/mol. The molecule has 0 spiro atoms. The van der Waals surface area contributed by atoms with Gasteiger partial charge in [0, 0.05) is 6.04 Å². The van der Waals surface area contributed by atoms with Gasteiger partial charge in [-0.2, -0.15) is 0 Å². The first-order valence-electron chi connectivity index (χ1n) is 6.00. The number of hydrogen-bond donors (Lipinski definition) is 2. The molecule has 0 aromatic heterocycles. The molecule has 1 aromatic carbocycles. The van der Waals surface area contributed by atoms with Gasteiger partial charge in [-0.05, 0) is 31.2 Å². The molecule has 0 saturated heterocycles. The van der Waals surface area contributed by atoms with Gasteiger partial charge in [0.2, 0.25) is 0 Å². The normalized spacial score (nSPS) is 16.5. The number of hydrogen-bond acceptors (Lipinski definition) is 3. The van der Waals surface area contributed by atoms with Crippen molar-refractivity contribution in [2.45, 2.75) is 19.9 Å². The first-order valence-corrected chi connectivity index (χ1v) is 6.00. The van der Waals surface area contributed by atoms with Crippen LogP contribution in [-0.2, 0) is 0 Å². The number of rotatable bonds is 3. The summed E-state index contributed by atoms with van der Waals surface area (Å²) in [6.45, 7) is 6.14. The summed E-state index contributed by atoms with van der Waals surface area (Å²) in [7, 11) is 0. The van der Waals surface area contributed by atoms with Crippen LogP contribution in [0, 0.1) is 0 Å². The highest BCUT2D eigenvalue weighted by atomic mass is 16.5. The summed E-state index contributed by atoms with van der Waals surface area (Å²) < 4.78 is 5.51. The van der Waals surface area contributed by atoms with Crippen LogP contribution in [0.2, 0.25) is 0 Å². The van der Waals surface area contributed by atoms with E-state index in [1.165, 1.54) is 0 Å². The zero-order valence-corrected chi connectivity index (χ0v) is 10.2. The Bertz CT molecular complexity index is 418. The molecule has 0 aliphatic carbocycles. The van der Waals surface area contributed by atoms with Gasteiger partial charge in [-0.1, -0.05) is 13.0 Å². The fourth-order valence-electron chi connectivity index (χ4n) is 1.97. The lowest BCUT2D eigenvalue weighted by atomic mass is 10.0. The highest BCUT2D eigenvalue weighted by Gasteiger charge is 2.17. The Morgan fingerprint density at radius 3 is 3.12 bits per heavy atom. The van der Waals surface area contributed by atoms with Crippen molar-refractivity contribution in [3.63, 3.8) is 0 Å². The van der Waals surface area contributed by atoms with Crippen LogP contribution in [0.15, 0.2) is 18.2 Å². The maximum absolute atomic E-state index is 11.8. The molecule has 1 aromatic rings. The third-order valence-electron chi connectivity index (χ3n) is 2.90. The minimum absolute atomic E-state index is 0.0527. The Kier molecular flexibility index (Phi) is 3.64. The summed E-state index contributed by atoms with van der Waals surface area (Å²) >= 11 is 0. The molecule has 4 heteroatoms. The molecule has 0 fully saturated rings. The van der Waals surface area contributed by atoms with E-state index in [2.05, 4.69) is 24.5 Å². The maximum Gasteiger partial charge on any atom is 0.255 e. The Labute approximate surface area is 101 Å². The molecule has 2 rings (SSSR count). The minimum atomic E-state index is -0.0527. The molecule has 1 heterocycles. The van der Waals surface area contributed by atoms with Gasteiger partial charge >= 0.3 is 0 Å². The van der Waals surface area contributed by atoms with Crippen molar-refractivity contribution >= 4 is 5.91 Å². The predicted octanol–water partition coefficient (Wildman–Crippen LogP) is 1.48. The SMILES string of the molecule is CCNC(C)c1ccc2c(c1)C(=O)NCCO2. The van der Waals surface area contributed by atoms with E-state index in [1.807, 2.05) is 18.2 Å². The molecule has 1 unspecified atom stereocenters. The quantitative estimate of drug-likeness (QED) is 0.833. The van der Waals surface area contributed by atoms with E-state index in [9.17, 15) is 4.79 Å². The molecule has 1 atom stereocenters. The predicted molar refractivity (Wildman–Crippen MR) is 66.4 cm³/mol. The van der Waals surface area contributed by atoms with Crippen molar-refractivity contribution in [1.82, 2.24) is 10.6 Å². The van der Waals surface area contributed by atoms with Crippen LogP contribution in [0.5, 0.6) is 5.75 Å². The standard InChI is InChI=1S/C13H18N2O2/c1-3-14-9(2)10-4-5-12-11(8-10)13(16)15-6-7-17-12/h4-5,8-9,14H,3,6-7H2,1-2H3,(H,15,16). The molecule has 17 heavy (non-hydrogen) atoms. The van der Waals surface area contributed by atoms with Gasteiger partial charge in [-0.25, -0.2) is 0 Å². The lowest BCUT2D eigenvalue weighted by Gasteiger charge is -2.14. The average molecular weight is 234 g/mol. The van der Waals surface area contributed by atoms with Crippen LogP contribution in [0.25, 0.3) is 0 Å². The number of ether oxygens (including phenoxy) is 1. The van der Waals surface area contributed by atoms with E-state index in [0.717, 1.165) is 12.1 Å². The van der Waals surface area contributed by atoms with Gasteiger partial charge in [0.25, 0.3) is 5.91 Å². The minimum Gasteiger partial charge on any atom is -0.491 e. The van der Waals surface area contributed by atoms with Crippen molar-refractivity contribution < 1.29 is 9.53 Å². The number of fused-ring (bicyclic) bond motifs is 1. The topological polar surface area (TPSA) is 50.4 Å². The number of carbonyl (C=O) groups is 1. The molecule has 2 N–H and O–H groups in total. The number of benzene rings is 1. The summed E-state index contributed by atoms with van der Waals surface area (Å²) in [6, 6.07) is 6.03. The van der Waals surface area contributed by atoms with E-state index in [4.69, 9.17) is 4.74 Å². The Morgan fingerprint density at radius 1 is 1.53 bits per heavy atom. The van der Waals surface area contributed by atoms with Crippen molar-refractivity contribution in [1.29, 1.82) is 0 Å². The van der Waals surface area contributed by atoms with Crippen molar-refractivity contribution in [3.05, 3.63) is 29.3 Å². The van der Waals surface area contributed by atoms with Gasteiger partial charge in [0.15, 0.2) is 0 Å². The lowest BCUT2D eigenvalue weighted by Crippen LogP contribution is -2.24. The first kappa shape index (κ1) is 11.9. The highest BCUT2D eigenvalue weighted by molar-refractivity contribution is 5.97. The van der Waals surface area contributed by atoms with Gasteiger partial charge in [-0.3, -0.25) is 4.79 Å². The summed E-state index contributed by atoms with van der Waals surface area (Å²) in [5.74, 6) is 0.621. The second-order valence-corrected chi connectivity index (χ2v) is 4.14. The zero-order valence-electron chi connectivity index (χ0n) is 10.2. The van der Waals surface area contributed by atoms with Crippen LogP contribution in [0.1, 0.15) is 35.8 Å². The van der Waals surface area contributed by atoms with Gasteiger partial charge in [-0.15, -0.1) is 0 Å². The fraction of sp³-hybridized carbons (Fsp3) is 0.462. The zero-order chi connectivity index (χ0) is 12.3. The third-order valence-corrected chi connectivity index (χ3v) is 2.90.